The van der Waals surface area contributed by atoms with E-state index in [1.54, 1.807) is 6.92 Å². The van der Waals surface area contributed by atoms with Crippen LogP contribution < -0.4 is 10.5 Å². The summed E-state index contributed by atoms with van der Waals surface area (Å²) in [4.78, 5) is 8.41. The van der Waals surface area contributed by atoms with Crippen LogP contribution in [0.4, 0.5) is 14.5 Å². The minimum Gasteiger partial charge on any atom is -0.432 e. The van der Waals surface area contributed by atoms with Gasteiger partial charge in [0.1, 0.15) is 0 Å². The number of alkyl halides is 2. The summed E-state index contributed by atoms with van der Waals surface area (Å²) in [5.41, 5.74) is 8.94. The Kier molecular flexibility index (Phi) is 3.95. The predicted molar refractivity (Wildman–Crippen MR) is 80.4 cm³/mol. The lowest BCUT2D eigenvalue weighted by atomic mass is 10.0. The topological polar surface area (TPSA) is 100.0 Å². The van der Waals surface area contributed by atoms with Crippen molar-refractivity contribution in [1.29, 1.82) is 0 Å². The standard InChI is InChI=1S/C15H11F2N5O2/c1-3-10-11(23-15(16)17)5-4-8(20-10)6-9-7(2)19-14-13(12(9)18)21-24-22-14/h1,4-5,15H,6,18H2,2H3. The molecule has 0 radical (unpaired) electrons. The van der Waals surface area contributed by atoms with Crippen molar-refractivity contribution in [2.75, 3.05) is 5.73 Å². The first-order chi connectivity index (χ1) is 11.5. The van der Waals surface area contributed by atoms with Gasteiger partial charge in [0.2, 0.25) is 5.65 Å². The first-order valence-electron chi connectivity index (χ1n) is 6.78. The molecule has 0 bridgehead atoms. The van der Waals surface area contributed by atoms with Gasteiger partial charge in [0.25, 0.3) is 0 Å². The van der Waals surface area contributed by atoms with Crippen molar-refractivity contribution in [3.8, 4) is 18.1 Å². The van der Waals surface area contributed by atoms with Crippen LogP contribution in [0.5, 0.6) is 5.75 Å². The fourth-order valence-electron chi connectivity index (χ4n) is 2.28. The summed E-state index contributed by atoms with van der Waals surface area (Å²) in [6.45, 7) is -1.22. The third-order valence-corrected chi connectivity index (χ3v) is 3.39. The second kappa shape index (κ2) is 6.08. The number of nitrogen functional groups attached to an aromatic ring is 1. The molecular formula is C15H11F2N5O2. The van der Waals surface area contributed by atoms with E-state index in [0.29, 0.717) is 33.8 Å². The Morgan fingerprint density at radius 1 is 1.33 bits per heavy atom. The molecule has 3 aromatic heterocycles. The van der Waals surface area contributed by atoms with E-state index in [1.165, 1.54) is 12.1 Å². The molecule has 9 heteroatoms. The van der Waals surface area contributed by atoms with Crippen LogP contribution in [0.1, 0.15) is 22.6 Å². The van der Waals surface area contributed by atoms with Crippen LogP contribution in [-0.2, 0) is 6.42 Å². The second-order valence-electron chi connectivity index (χ2n) is 4.87. The molecule has 0 fully saturated rings. The molecular weight excluding hydrogens is 320 g/mol. The number of hydrogen-bond acceptors (Lipinski definition) is 7. The summed E-state index contributed by atoms with van der Waals surface area (Å²) in [5, 5.41) is 7.36. The van der Waals surface area contributed by atoms with Crippen molar-refractivity contribution in [2.24, 2.45) is 0 Å². The number of halogens is 2. The summed E-state index contributed by atoms with van der Waals surface area (Å²) in [6.07, 6.45) is 5.59. The number of nitrogens with two attached hydrogens (primary N) is 1. The van der Waals surface area contributed by atoms with Gasteiger partial charge in [-0.05, 0) is 35.3 Å². The average Bonchev–Trinajstić information content (AvgIpc) is 3.00. The van der Waals surface area contributed by atoms with E-state index < -0.39 is 6.61 Å². The summed E-state index contributed by atoms with van der Waals surface area (Å²) in [7, 11) is 0. The first-order valence-corrected chi connectivity index (χ1v) is 6.78. The van der Waals surface area contributed by atoms with Crippen LogP contribution in [0.3, 0.4) is 0 Å². The number of aryl methyl sites for hydroxylation is 1. The molecule has 0 saturated heterocycles. The van der Waals surface area contributed by atoms with Crippen LogP contribution in [0, 0.1) is 19.3 Å². The molecule has 0 aliphatic heterocycles. The fourth-order valence-corrected chi connectivity index (χ4v) is 2.28. The third kappa shape index (κ3) is 2.81. The van der Waals surface area contributed by atoms with Gasteiger partial charge in [0.15, 0.2) is 17.0 Å². The average molecular weight is 331 g/mol. The fraction of sp³-hybridized carbons (Fsp3) is 0.200. The lowest BCUT2D eigenvalue weighted by Gasteiger charge is -2.10. The van der Waals surface area contributed by atoms with Crippen molar-refractivity contribution in [3.63, 3.8) is 0 Å². The number of fused-ring (bicyclic) bond motifs is 1. The Labute approximate surface area is 134 Å². The van der Waals surface area contributed by atoms with E-state index in [4.69, 9.17) is 12.2 Å². The maximum absolute atomic E-state index is 12.3. The highest BCUT2D eigenvalue weighted by Gasteiger charge is 2.16. The van der Waals surface area contributed by atoms with E-state index in [9.17, 15) is 8.78 Å². The molecule has 3 aromatic rings. The number of rotatable bonds is 4. The van der Waals surface area contributed by atoms with Crippen LogP contribution >= 0.6 is 0 Å². The first kappa shape index (κ1) is 15.6. The highest BCUT2D eigenvalue weighted by atomic mass is 19.3. The molecule has 24 heavy (non-hydrogen) atoms. The molecule has 3 heterocycles. The summed E-state index contributed by atoms with van der Waals surface area (Å²) < 4.78 is 33.6. The van der Waals surface area contributed by atoms with Gasteiger partial charge in [0, 0.05) is 23.4 Å². The normalized spacial score (nSPS) is 11.0. The Hall–Kier alpha value is -3.28. The molecule has 0 unspecified atom stereocenters. The van der Waals surface area contributed by atoms with E-state index in [-0.39, 0.29) is 17.9 Å². The monoisotopic (exact) mass is 331 g/mol. The molecule has 3 rings (SSSR count). The van der Waals surface area contributed by atoms with Crippen LogP contribution in [0.15, 0.2) is 16.8 Å². The van der Waals surface area contributed by atoms with E-state index in [2.05, 4.69) is 35.6 Å². The van der Waals surface area contributed by atoms with Crippen LogP contribution in [0.25, 0.3) is 11.2 Å². The SMILES string of the molecule is C#Cc1nc(Cc2c(C)nc3nonc3c2N)ccc1OC(F)F. The molecule has 122 valence electrons. The molecule has 0 saturated carbocycles. The lowest BCUT2D eigenvalue weighted by molar-refractivity contribution is -0.0502. The number of terminal acetylenes is 1. The van der Waals surface area contributed by atoms with Crippen molar-refractivity contribution in [1.82, 2.24) is 20.3 Å². The Morgan fingerprint density at radius 3 is 2.83 bits per heavy atom. The molecule has 0 amide bonds. The highest BCUT2D eigenvalue weighted by Crippen LogP contribution is 2.26. The van der Waals surface area contributed by atoms with Gasteiger partial charge in [-0.1, -0.05) is 0 Å². The third-order valence-electron chi connectivity index (χ3n) is 3.39. The molecule has 2 N–H and O–H groups in total. The van der Waals surface area contributed by atoms with Gasteiger partial charge >= 0.3 is 6.61 Å². The lowest BCUT2D eigenvalue weighted by Crippen LogP contribution is -2.07. The van der Waals surface area contributed by atoms with E-state index in [1.807, 2.05) is 0 Å². The highest BCUT2D eigenvalue weighted by molar-refractivity contribution is 5.85. The van der Waals surface area contributed by atoms with Crippen LogP contribution in [-0.4, -0.2) is 26.9 Å². The van der Waals surface area contributed by atoms with Gasteiger partial charge in [-0.3, -0.25) is 0 Å². The molecule has 0 aromatic carbocycles. The minimum atomic E-state index is -2.98. The molecule has 0 aliphatic carbocycles. The zero-order valence-corrected chi connectivity index (χ0v) is 12.5. The van der Waals surface area contributed by atoms with Gasteiger partial charge in [-0.25, -0.2) is 14.6 Å². The maximum Gasteiger partial charge on any atom is 0.387 e. The number of aromatic nitrogens is 4. The number of nitrogens with zero attached hydrogens (tertiary/aromatic N) is 4. The van der Waals surface area contributed by atoms with Crippen LogP contribution in [0.2, 0.25) is 0 Å². The van der Waals surface area contributed by atoms with Crippen molar-refractivity contribution >= 4 is 16.9 Å². The smallest absolute Gasteiger partial charge is 0.387 e. The van der Waals surface area contributed by atoms with Crippen molar-refractivity contribution in [2.45, 2.75) is 20.0 Å². The zero-order chi connectivity index (χ0) is 17.3. The van der Waals surface area contributed by atoms with Crippen molar-refractivity contribution in [3.05, 3.63) is 34.8 Å². The molecule has 0 atom stereocenters. The maximum atomic E-state index is 12.3. The number of ether oxygens (including phenoxy) is 1. The Balaban J connectivity index is 1.98. The number of hydrogen-bond donors (Lipinski definition) is 1. The summed E-state index contributed by atoms with van der Waals surface area (Å²) in [6, 6.07) is 2.88. The summed E-state index contributed by atoms with van der Waals surface area (Å²) in [5.74, 6) is 2.07. The quantitative estimate of drug-likeness (QED) is 0.730. The van der Waals surface area contributed by atoms with Gasteiger partial charge in [-0.2, -0.15) is 8.78 Å². The predicted octanol–water partition coefficient (Wildman–Crippen LogP) is 2.08. The second-order valence-corrected chi connectivity index (χ2v) is 4.87. The van der Waals surface area contributed by atoms with Crippen molar-refractivity contribution < 1.29 is 18.1 Å². The van der Waals surface area contributed by atoms with Gasteiger partial charge in [-0.15, -0.1) is 6.42 Å². The Bertz CT molecular complexity index is 949. The molecule has 7 nitrogen and oxygen atoms in total. The molecule has 0 spiro atoms. The number of pyridine rings is 2. The minimum absolute atomic E-state index is 0.0128. The van der Waals surface area contributed by atoms with Gasteiger partial charge < -0.3 is 10.5 Å². The van der Waals surface area contributed by atoms with E-state index >= 15 is 0 Å². The number of anilines is 1. The molecule has 0 aliphatic rings. The van der Waals surface area contributed by atoms with E-state index in [0.717, 1.165) is 0 Å². The Morgan fingerprint density at radius 2 is 2.12 bits per heavy atom. The van der Waals surface area contributed by atoms with Gasteiger partial charge in [0.05, 0.1) is 5.69 Å². The zero-order valence-electron chi connectivity index (χ0n) is 12.5. The largest absolute Gasteiger partial charge is 0.432 e. The summed E-state index contributed by atoms with van der Waals surface area (Å²) >= 11 is 0.